The molecule has 1 aliphatic rings. The Kier molecular flexibility index (Phi) is 5.40. The van der Waals surface area contributed by atoms with E-state index in [1.807, 2.05) is 23.4 Å². The quantitative estimate of drug-likeness (QED) is 0.586. The van der Waals surface area contributed by atoms with E-state index in [-0.39, 0.29) is 0 Å². The standard InChI is InChI=1S/C10H14N2.CH3I/c1-12-7-3-5-10(12)9-4-2-6-11-8-9;1-2/h2,4,6,8,10H,3,5,7H2,1H3;1H3. The van der Waals surface area contributed by atoms with Gasteiger partial charge in [-0.15, -0.1) is 0 Å². The molecule has 0 spiro atoms. The lowest BCUT2D eigenvalue weighted by atomic mass is 10.1. The molecule has 2 rings (SSSR count). The molecular formula is C11H17IN2. The average Bonchev–Trinajstić information content (AvgIpc) is 2.69. The highest BCUT2D eigenvalue weighted by Gasteiger charge is 2.21. The van der Waals surface area contributed by atoms with E-state index in [9.17, 15) is 0 Å². The van der Waals surface area contributed by atoms with Crippen molar-refractivity contribution >= 4 is 22.6 Å². The maximum Gasteiger partial charge on any atom is 0.0360 e. The number of alkyl halides is 1. The molecule has 0 aliphatic carbocycles. The molecule has 1 atom stereocenters. The predicted octanol–water partition coefficient (Wildman–Crippen LogP) is 2.90. The molecule has 1 aliphatic heterocycles. The first-order valence-corrected chi connectivity index (χ1v) is 7.01. The van der Waals surface area contributed by atoms with Crippen molar-refractivity contribution in [2.75, 3.05) is 18.5 Å². The van der Waals surface area contributed by atoms with Crippen LogP contribution in [0.15, 0.2) is 24.5 Å². The number of hydrogen-bond acceptors (Lipinski definition) is 2. The lowest BCUT2D eigenvalue weighted by molar-refractivity contribution is 0.317. The molecule has 0 amide bonds. The Morgan fingerprint density at radius 1 is 1.50 bits per heavy atom. The van der Waals surface area contributed by atoms with Crippen LogP contribution in [0, 0.1) is 0 Å². The summed E-state index contributed by atoms with van der Waals surface area (Å²) in [6.45, 7) is 1.22. The van der Waals surface area contributed by atoms with Gasteiger partial charge >= 0.3 is 0 Å². The van der Waals surface area contributed by atoms with Crippen molar-refractivity contribution in [1.29, 1.82) is 0 Å². The Balaban J connectivity index is 0.000000461. The number of pyridine rings is 1. The monoisotopic (exact) mass is 304 g/mol. The van der Waals surface area contributed by atoms with Crippen molar-refractivity contribution in [1.82, 2.24) is 9.88 Å². The van der Waals surface area contributed by atoms with Gasteiger partial charge < -0.3 is 0 Å². The molecule has 0 saturated carbocycles. The second-order valence-electron chi connectivity index (χ2n) is 3.42. The fourth-order valence-corrected chi connectivity index (χ4v) is 1.90. The molecule has 0 radical (unpaired) electrons. The summed E-state index contributed by atoms with van der Waals surface area (Å²) in [5.41, 5.74) is 1.36. The minimum Gasteiger partial charge on any atom is -0.299 e. The normalized spacial score (nSPS) is 21.5. The van der Waals surface area contributed by atoms with E-state index >= 15 is 0 Å². The van der Waals surface area contributed by atoms with E-state index in [4.69, 9.17) is 0 Å². The van der Waals surface area contributed by atoms with Gasteiger partial charge in [0.15, 0.2) is 0 Å². The zero-order valence-electron chi connectivity index (χ0n) is 8.78. The van der Waals surface area contributed by atoms with E-state index in [0.717, 1.165) is 0 Å². The van der Waals surface area contributed by atoms with Gasteiger partial charge in [0.2, 0.25) is 0 Å². The molecule has 1 unspecified atom stereocenters. The summed E-state index contributed by atoms with van der Waals surface area (Å²) in [4.78, 5) is 8.51. The van der Waals surface area contributed by atoms with Crippen molar-refractivity contribution in [3.63, 3.8) is 0 Å². The van der Waals surface area contributed by atoms with E-state index < -0.39 is 0 Å². The van der Waals surface area contributed by atoms with Crippen LogP contribution in [0.5, 0.6) is 0 Å². The minimum atomic E-state index is 0.610. The third-order valence-corrected chi connectivity index (χ3v) is 2.59. The van der Waals surface area contributed by atoms with Crippen molar-refractivity contribution in [2.45, 2.75) is 18.9 Å². The Bertz CT molecular complexity index is 251. The van der Waals surface area contributed by atoms with Crippen LogP contribution < -0.4 is 0 Å². The van der Waals surface area contributed by atoms with Crippen LogP contribution in [0.1, 0.15) is 24.4 Å². The maximum atomic E-state index is 4.14. The SMILES string of the molecule is CI.CN1CCCC1c1cccnc1. The molecular weight excluding hydrogens is 287 g/mol. The highest BCUT2D eigenvalue weighted by atomic mass is 127. The third-order valence-electron chi connectivity index (χ3n) is 2.59. The van der Waals surface area contributed by atoms with Gasteiger partial charge in [0, 0.05) is 18.4 Å². The number of rotatable bonds is 1. The van der Waals surface area contributed by atoms with Crippen LogP contribution in [0.4, 0.5) is 0 Å². The molecule has 0 bridgehead atoms. The Hall–Kier alpha value is -0.160. The number of aromatic nitrogens is 1. The number of nitrogens with zero attached hydrogens (tertiary/aromatic N) is 2. The Labute approximate surface area is 99.9 Å². The maximum absolute atomic E-state index is 4.14. The van der Waals surface area contributed by atoms with Crippen molar-refractivity contribution in [3.05, 3.63) is 30.1 Å². The van der Waals surface area contributed by atoms with Gasteiger partial charge in [-0.2, -0.15) is 0 Å². The van der Waals surface area contributed by atoms with E-state index in [1.54, 1.807) is 0 Å². The number of likely N-dealkylation sites (tertiary alicyclic amines) is 1. The van der Waals surface area contributed by atoms with Crippen LogP contribution in [-0.4, -0.2) is 28.4 Å². The summed E-state index contributed by atoms with van der Waals surface area (Å²) in [7, 11) is 2.19. The Morgan fingerprint density at radius 2 is 2.29 bits per heavy atom. The second-order valence-corrected chi connectivity index (χ2v) is 3.42. The summed E-state index contributed by atoms with van der Waals surface area (Å²) in [6, 6.07) is 4.79. The van der Waals surface area contributed by atoms with Crippen molar-refractivity contribution in [2.24, 2.45) is 0 Å². The van der Waals surface area contributed by atoms with Gasteiger partial charge in [-0.3, -0.25) is 9.88 Å². The molecule has 1 saturated heterocycles. The van der Waals surface area contributed by atoms with Crippen LogP contribution >= 0.6 is 22.6 Å². The predicted molar refractivity (Wildman–Crippen MR) is 68.8 cm³/mol. The minimum absolute atomic E-state index is 0.610. The summed E-state index contributed by atoms with van der Waals surface area (Å²) < 4.78 is 0. The van der Waals surface area contributed by atoms with Gasteiger partial charge in [-0.25, -0.2) is 0 Å². The first kappa shape index (κ1) is 11.9. The molecule has 1 aromatic heterocycles. The zero-order valence-corrected chi connectivity index (χ0v) is 10.9. The summed E-state index contributed by atoms with van der Waals surface area (Å²) >= 11 is 2.15. The van der Waals surface area contributed by atoms with Crippen molar-refractivity contribution in [3.8, 4) is 0 Å². The van der Waals surface area contributed by atoms with Crippen LogP contribution in [-0.2, 0) is 0 Å². The van der Waals surface area contributed by atoms with Crippen LogP contribution in [0.25, 0.3) is 0 Å². The van der Waals surface area contributed by atoms with Gasteiger partial charge in [0.25, 0.3) is 0 Å². The molecule has 2 heterocycles. The van der Waals surface area contributed by atoms with Gasteiger partial charge in [0.1, 0.15) is 0 Å². The average molecular weight is 304 g/mol. The highest BCUT2D eigenvalue weighted by Crippen LogP contribution is 2.29. The zero-order chi connectivity index (χ0) is 10.4. The molecule has 14 heavy (non-hydrogen) atoms. The van der Waals surface area contributed by atoms with Crippen LogP contribution in [0.2, 0.25) is 0 Å². The first-order chi connectivity index (χ1) is 6.88. The topological polar surface area (TPSA) is 16.1 Å². The lowest BCUT2D eigenvalue weighted by Crippen LogP contribution is -2.17. The summed E-state index contributed by atoms with van der Waals surface area (Å²) in [5.74, 6) is 0. The smallest absolute Gasteiger partial charge is 0.0360 e. The highest BCUT2D eigenvalue weighted by molar-refractivity contribution is 14.1. The number of halogens is 1. The van der Waals surface area contributed by atoms with E-state index in [0.29, 0.717) is 6.04 Å². The molecule has 3 heteroatoms. The molecule has 1 aromatic rings. The van der Waals surface area contributed by atoms with Gasteiger partial charge in [-0.05, 0) is 43.0 Å². The van der Waals surface area contributed by atoms with Crippen molar-refractivity contribution < 1.29 is 0 Å². The summed E-state index contributed by atoms with van der Waals surface area (Å²) in [6.07, 6.45) is 6.41. The largest absolute Gasteiger partial charge is 0.299 e. The molecule has 1 fully saturated rings. The second kappa shape index (κ2) is 6.35. The van der Waals surface area contributed by atoms with E-state index in [1.165, 1.54) is 24.9 Å². The third kappa shape index (κ3) is 2.92. The lowest BCUT2D eigenvalue weighted by Gasteiger charge is -2.18. The van der Waals surface area contributed by atoms with Gasteiger partial charge in [0.05, 0.1) is 0 Å². The molecule has 0 N–H and O–H groups in total. The summed E-state index contributed by atoms with van der Waals surface area (Å²) in [5, 5.41) is 0. The molecule has 0 aromatic carbocycles. The first-order valence-electron chi connectivity index (χ1n) is 4.86. The van der Waals surface area contributed by atoms with Crippen LogP contribution in [0.3, 0.4) is 0 Å². The number of hydrogen-bond donors (Lipinski definition) is 0. The fraction of sp³-hybridized carbons (Fsp3) is 0.545. The fourth-order valence-electron chi connectivity index (χ4n) is 1.90. The van der Waals surface area contributed by atoms with E-state index in [2.05, 4.69) is 45.6 Å². The Morgan fingerprint density at radius 3 is 2.79 bits per heavy atom. The molecule has 2 nitrogen and oxygen atoms in total. The molecule has 78 valence electrons. The van der Waals surface area contributed by atoms with Gasteiger partial charge in [-0.1, -0.05) is 28.7 Å².